The molecule has 124 valence electrons. The number of guanidine groups is 1. The largest absolute Gasteiger partial charge is 0.370 e. The van der Waals surface area contributed by atoms with Crippen molar-refractivity contribution >= 4 is 53.1 Å². The number of nitrogens with one attached hydrogen (secondary N) is 1. The first-order valence-electron chi connectivity index (χ1n) is 7.17. The molecular formula is C15H24ClIN4O. The van der Waals surface area contributed by atoms with Crippen molar-refractivity contribution in [2.24, 2.45) is 10.7 Å². The monoisotopic (exact) mass is 438 g/mol. The molecule has 1 rings (SSSR count). The number of halogens is 2. The fraction of sp³-hybridized carbons (Fsp3) is 0.467. The summed E-state index contributed by atoms with van der Waals surface area (Å²) in [6, 6.07) is 7.03. The topological polar surface area (TPSA) is 70.7 Å². The first kappa shape index (κ1) is 21.0. The van der Waals surface area contributed by atoms with E-state index in [4.69, 9.17) is 17.3 Å². The van der Waals surface area contributed by atoms with Crippen molar-refractivity contribution in [2.45, 2.75) is 26.7 Å². The van der Waals surface area contributed by atoms with Gasteiger partial charge in [-0.2, -0.15) is 0 Å². The van der Waals surface area contributed by atoms with Gasteiger partial charge in [0.25, 0.3) is 0 Å². The maximum atomic E-state index is 11.8. The molecule has 7 heteroatoms. The Kier molecular flexibility index (Phi) is 11.0. The second kappa shape index (κ2) is 11.5. The molecule has 0 aliphatic heterocycles. The first-order valence-corrected chi connectivity index (χ1v) is 7.54. The zero-order valence-corrected chi connectivity index (χ0v) is 16.1. The molecule has 3 N–H and O–H groups in total. The lowest BCUT2D eigenvalue weighted by atomic mass is 10.2. The highest BCUT2D eigenvalue weighted by atomic mass is 127. The maximum absolute atomic E-state index is 11.8. The fourth-order valence-electron chi connectivity index (χ4n) is 1.84. The lowest BCUT2D eigenvalue weighted by molar-refractivity contribution is -0.116. The van der Waals surface area contributed by atoms with E-state index in [2.05, 4.69) is 10.3 Å². The molecule has 22 heavy (non-hydrogen) atoms. The van der Waals surface area contributed by atoms with Gasteiger partial charge in [-0.05, 0) is 44.5 Å². The van der Waals surface area contributed by atoms with Gasteiger partial charge in [0, 0.05) is 36.8 Å². The van der Waals surface area contributed by atoms with Gasteiger partial charge in [0.2, 0.25) is 5.91 Å². The SMILES string of the molecule is CCN(CC)C(N)=NCCCC(=O)Nc1ccc(Cl)cc1.I. The van der Waals surface area contributed by atoms with Crippen molar-refractivity contribution in [3.8, 4) is 0 Å². The van der Waals surface area contributed by atoms with Crippen LogP contribution in [0.2, 0.25) is 5.02 Å². The number of benzene rings is 1. The molecule has 0 saturated carbocycles. The van der Waals surface area contributed by atoms with Crippen LogP contribution in [-0.2, 0) is 4.79 Å². The Morgan fingerprint density at radius 1 is 1.27 bits per heavy atom. The second-order valence-electron chi connectivity index (χ2n) is 4.57. The highest BCUT2D eigenvalue weighted by Gasteiger charge is 2.04. The summed E-state index contributed by atoms with van der Waals surface area (Å²) in [4.78, 5) is 18.0. The third-order valence-corrected chi connectivity index (χ3v) is 3.30. The summed E-state index contributed by atoms with van der Waals surface area (Å²) in [7, 11) is 0. The summed E-state index contributed by atoms with van der Waals surface area (Å²) < 4.78 is 0. The zero-order valence-electron chi connectivity index (χ0n) is 13.0. The predicted molar refractivity (Wildman–Crippen MR) is 104 cm³/mol. The van der Waals surface area contributed by atoms with E-state index in [9.17, 15) is 4.79 Å². The van der Waals surface area contributed by atoms with Crippen LogP contribution in [0.4, 0.5) is 5.69 Å². The summed E-state index contributed by atoms with van der Waals surface area (Å²) in [5.41, 5.74) is 6.60. The zero-order chi connectivity index (χ0) is 15.7. The lowest BCUT2D eigenvalue weighted by Gasteiger charge is -2.19. The third kappa shape index (κ3) is 7.84. The number of amides is 1. The Hall–Kier alpha value is -1.02. The van der Waals surface area contributed by atoms with Crippen molar-refractivity contribution < 1.29 is 4.79 Å². The van der Waals surface area contributed by atoms with E-state index in [1.54, 1.807) is 24.3 Å². The van der Waals surface area contributed by atoms with Crippen LogP contribution in [0.5, 0.6) is 0 Å². The van der Waals surface area contributed by atoms with Crippen molar-refractivity contribution in [1.82, 2.24) is 4.90 Å². The molecule has 0 aliphatic carbocycles. The molecule has 0 aromatic heterocycles. The average molecular weight is 439 g/mol. The summed E-state index contributed by atoms with van der Waals surface area (Å²) in [6.45, 7) is 6.29. The molecule has 0 bridgehead atoms. The minimum Gasteiger partial charge on any atom is -0.370 e. The number of aliphatic imine (C=N–C) groups is 1. The number of carbonyl (C=O) groups excluding carboxylic acids is 1. The molecule has 0 atom stereocenters. The first-order chi connectivity index (χ1) is 10.1. The van der Waals surface area contributed by atoms with Gasteiger partial charge in [0.05, 0.1) is 0 Å². The molecule has 0 unspecified atom stereocenters. The Morgan fingerprint density at radius 2 is 1.86 bits per heavy atom. The van der Waals surface area contributed by atoms with Gasteiger partial charge >= 0.3 is 0 Å². The van der Waals surface area contributed by atoms with Crippen LogP contribution in [0.15, 0.2) is 29.3 Å². The molecular weight excluding hydrogens is 415 g/mol. The number of anilines is 1. The molecule has 1 aromatic rings. The van der Waals surface area contributed by atoms with Crippen LogP contribution in [0.1, 0.15) is 26.7 Å². The number of rotatable bonds is 7. The molecule has 5 nitrogen and oxygen atoms in total. The van der Waals surface area contributed by atoms with E-state index >= 15 is 0 Å². The summed E-state index contributed by atoms with van der Waals surface area (Å²) >= 11 is 5.79. The molecule has 0 heterocycles. The van der Waals surface area contributed by atoms with Gasteiger partial charge in [0.1, 0.15) is 0 Å². The van der Waals surface area contributed by atoms with Gasteiger partial charge in [-0.3, -0.25) is 9.79 Å². The van der Waals surface area contributed by atoms with Crippen LogP contribution >= 0.6 is 35.6 Å². The van der Waals surface area contributed by atoms with E-state index in [0.29, 0.717) is 30.4 Å². The number of nitrogens with two attached hydrogens (primary N) is 1. The van der Waals surface area contributed by atoms with Crippen LogP contribution in [-0.4, -0.2) is 36.4 Å². The standard InChI is InChI=1S/C15H23ClN4O.HI/c1-3-20(4-2)15(17)18-11-5-6-14(21)19-13-9-7-12(16)8-10-13;/h7-10H,3-6,11H2,1-2H3,(H2,17,18)(H,19,21);1H. The Balaban J connectivity index is 0.00000441. The lowest BCUT2D eigenvalue weighted by Crippen LogP contribution is -2.37. The Labute approximate surface area is 154 Å². The van der Waals surface area contributed by atoms with Crippen molar-refractivity contribution in [3.05, 3.63) is 29.3 Å². The van der Waals surface area contributed by atoms with Crippen molar-refractivity contribution in [1.29, 1.82) is 0 Å². The molecule has 0 spiro atoms. The van der Waals surface area contributed by atoms with Crippen molar-refractivity contribution in [2.75, 3.05) is 25.0 Å². The van der Waals surface area contributed by atoms with E-state index in [-0.39, 0.29) is 29.9 Å². The smallest absolute Gasteiger partial charge is 0.224 e. The highest BCUT2D eigenvalue weighted by Crippen LogP contribution is 2.13. The quantitative estimate of drug-likeness (QED) is 0.297. The van der Waals surface area contributed by atoms with Crippen LogP contribution in [0.3, 0.4) is 0 Å². The Morgan fingerprint density at radius 3 is 2.41 bits per heavy atom. The molecule has 0 fully saturated rings. The summed E-state index contributed by atoms with van der Waals surface area (Å²) in [5, 5.41) is 3.46. The minimum atomic E-state index is -0.0334. The fourth-order valence-corrected chi connectivity index (χ4v) is 1.96. The molecule has 0 aliphatic rings. The van der Waals surface area contributed by atoms with E-state index in [1.807, 2.05) is 18.7 Å². The molecule has 1 amide bonds. The van der Waals surface area contributed by atoms with Crippen molar-refractivity contribution in [3.63, 3.8) is 0 Å². The Bertz CT molecular complexity index is 475. The molecule has 0 radical (unpaired) electrons. The maximum Gasteiger partial charge on any atom is 0.224 e. The average Bonchev–Trinajstić information content (AvgIpc) is 2.47. The molecule has 0 saturated heterocycles. The normalized spacial score (nSPS) is 10.8. The van der Waals surface area contributed by atoms with E-state index in [0.717, 1.165) is 18.8 Å². The number of hydrogen-bond acceptors (Lipinski definition) is 2. The van der Waals surface area contributed by atoms with E-state index in [1.165, 1.54) is 0 Å². The number of nitrogens with zero attached hydrogens (tertiary/aromatic N) is 2. The highest BCUT2D eigenvalue weighted by molar-refractivity contribution is 14.0. The minimum absolute atomic E-state index is 0. The van der Waals surface area contributed by atoms with Crippen LogP contribution < -0.4 is 11.1 Å². The van der Waals surface area contributed by atoms with E-state index < -0.39 is 0 Å². The van der Waals surface area contributed by atoms with Gasteiger partial charge < -0.3 is 16.0 Å². The third-order valence-electron chi connectivity index (χ3n) is 3.05. The van der Waals surface area contributed by atoms with Crippen LogP contribution in [0, 0.1) is 0 Å². The predicted octanol–water partition coefficient (Wildman–Crippen LogP) is 3.33. The number of hydrogen-bond donors (Lipinski definition) is 2. The molecule has 1 aromatic carbocycles. The summed E-state index contributed by atoms with van der Waals surface area (Å²) in [6.07, 6.45) is 1.08. The van der Waals surface area contributed by atoms with Gasteiger partial charge in [-0.25, -0.2) is 0 Å². The van der Waals surface area contributed by atoms with Crippen LogP contribution in [0.25, 0.3) is 0 Å². The van der Waals surface area contributed by atoms with Gasteiger partial charge in [-0.15, -0.1) is 24.0 Å². The number of carbonyl (C=O) groups is 1. The van der Waals surface area contributed by atoms with Gasteiger partial charge in [-0.1, -0.05) is 11.6 Å². The summed E-state index contributed by atoms with van der Waals surface area (Å²) in [5.74, 6) is 0.507. The van der Waals surface area contributed by atoms with Gasteiger partial charge in [0.15, 0.2) is 5.96 Å². The second-order valence-corrected chi connectivity index (χ2v) is 5.01.